The summed E-state index contributed by atoms with van der Waals surface area (Å²) in [7, 11) is 0. The van der Waals surface area contributed by atoms with Crippen molar-refractivity contribution < 1.29 is 4.92 Å². The van der Waals surface area contributed by atoms with Gasteiger partial charge in [0.2, 0.25) is 0 Å². The van der Waals surface area contributed by atoms with Crippen LogP contribution in [0.2, 0.25) is 5.02 Å². The van der Waals surface area contributed by atoms with Crippen molar-refractivity contribution in [3.63, 3.8) is 0 Å². The lowest BCUT2D eigenvalue weighted by molar-refractivity contribution is -0.384. The maximum absolute atomic E-state index is 10.5. The van der Waals surface area contributed by atoms with E-state index < -0.39 is 4.92 Å². The Bertz CT molecular complexity index is 629. The number of hydrogen-bond acceptors (Lipinski definition) is 4. The molecule has 0 unspecified atom stereocenters. The van der Waals surface area contributed by atoms with Crippen molar-refractivity contribution in [2.45, 2.75) is 0 Å². The zero-order chi connectivity index (χ0) is 12.4. The highest BCUT2D eigenvalue weighted by Gasteiger charge is 2.11. The second kappa shape index (κ2) is 4.23. The maximum atomic E-state index is 10.5. The molecule has 0 N–H and O–H groups in total. The van der Waals surface area contributed by atoms with Gasteiger partial charge in [0.05, 0.1) is 27.3 Å². The summed E-state index contributed by atoms with van der Waals surface area (Å²) in [6.07, 6.45) is 2.39. The molecule has 0 saturated carbocycles. The molecule has 0 aliphatic heterocycles. The molecule has 0 radical (unpaired) electrons. The van der Waals surface area contributed by atoms with Gasteiger partial charge in [-0.05, 0) is 18.2 Å². The fourth-order valence-corrected chi connectivity index (χ4v) is 1.57. The van der Waals surface area contributed by atoms with Gasteiger partial charge >= 0.3 is 5.69 Å². The van der Waals surface area contributed by atoms with Crippen LogP contribution in [0.5, 0.6) is 0 Å². The lowest BCUT2D eigenvalue weighted by atomic mass is 10.2. The number of nitriles is 1. The van der Waals surface area contributed by atoms with Crippen molar-refractivity contribution in [1.82, 2.24) is 9.78 Å². The van der Waals surface area contributed by atoms with Crippen LogP contribution in [0.3, 0.4) is 0 Å². The number of nitrogens with zero attached hydrogens (tertiary/aromatic N) is 4. The number of aromatic nitrogens is 2. The van der Waals surface area contributed by atoms with Crippen LogP contribution in [0.4, 0.5) is 5.69 Å². The van der Waals surface area contributed by atoms with Crippen LogP contribution >= 0.6 is 11.6 Å². The number of halogens is 1. The van der Waals surface area contributed by atoms with E-state index in [-0.39, 0.29) is 5.69 Å². The molecule has 0 amide bonds. The maximum Gasteiger partial charge on any atom is 0.307 e. The fourth-order valence-electron chi connectivity index (χ4n) is 1.30. The molecule has 0 atom stereocenters. The van der Waals surface area contributed by atoms with E-state index in [1.54, 1.807) is 12.1 Å². The molecular formula is C10H5ClN4O2. The number of benzene rings is 1. The molecule has 1 aromatic heterocycles. The largest absolute Gasteiger partial charge is 0.307 e. The van der Waals surface area contributed by atoms with Gasteiger partial charge < -0.3 is 0 Å². The Morgan fingerprint density at radius 1 is 1.53 bits per heavy atom. The van der Waals surface area contributed by atoms with Gasteiger partial charge in [-0.3, -0.25) is 10.1 Å². The van der Waals surface area contributed by atoms with Gasteiger partial charge in [0.15, 0.2) is 0 Å². The number of nitro groups is 1. The third-order valence-electron chi connectivity index (χ3n) is 2.10. The van der Waals surface area contributed by atoms with E-state index in [9.17, 15) is 10.1 Å². The molecule has 0 fully saturated rings. The summed E-state index contributed by atoms with van der Waals surface area (Å²) >= 11 is 5.95. The quantitative estimate of drug-likeness (QED) is 0.603. The van der Waals surface area contributed by atoms with Gasteiger partial charge in [-0.25, -0.2) is 4.68 Å². The molecule has 0 saturated heterocycles. The van der Waals surface area contributed by atoms with E-state index in [1.807, 2.05) is 6.07 Å². The minimum atomic E-state index is -0.541. The molecule has 7 heteroatoms. The van der Waals surface area contributed by atoms with Crippen molar-refractivity contribution in [2.24, 2.45) is 0 Å². The fraction of sp³-hybridized carbons (Fsp3) is 0. The minimum Gasteiger partial charge on any atom is -0.258 e. The van der Waals surface area contributed by atoms with Crippen molar-refractivity contribution in [1.29, 1.82) is 5.26 Å². The Labute approximate surface area is 101 Å². The van der Waals surface area contributed by atoms with Crippen LogP contribution < -0.4 is 0 Å². The lowest BCUT2D eigenvalue weighted by Gasteiger charge is -2.03. The summed E-state index contributed by atoms with van der Waals surface area (Å²) in [5, 5.41) is 23.3. The standard InChI is InChI=1S/C10H5ClN4O2/c11-9-3-7(4-12)1-2-10(9)14-6-8(5-13-14)15(16)17/h1-3,5-6H. The Morgan fingerprint density at radius 2 is 2.29 bits per heavy atom. The second-order valence-electron chi connectivity index (χ2n) is 3.18. The zero-order valence-corrected chi connectivity index (χ0v) is 9.13. The zero-order valence-electron chi connectivity index (χ0n) is 8.37. The smallest absolute Gasteiger partial charge is 0.258 e. The van der Waals surface area contributed by atoms with Gasteiger partial charge in [-0.1, -0.05) is 11.6 Å². The topological polar surface area (TPSA) is 84.8 Å². The van der Waals surface area contributed by atoms with E-state index in [0.29, 0.717) is 16.3 Å². The van der Waals surface area contributed by atoms with Crippen molar-refractivity contribution in [3.05, 3.63) is 51.3 Å². The highest BCUT2D eigenvalue weighted by Crippen LogP contribution is 2.22. The summed E-state index contributed by atoms with van der Waals surface area (Å²) in [6, 6.07) is 6.57. The molecule has 0 aliphatic rings. The van der Waals surface area contributed by atoms with Crippen molar-refractivity contribution in [3.8, 4) is 11.8 Å². The third-order valence-corrected chi connectivity index (χ3v) is 2.41. The number of hydrogen-bond donors (Lipinski definition) is 0. The first-order valence-electron chi connectivity index (χ1n) is 4.51. The average Bonchev–Trinajstić information content (AvgIpc) is 2.78. The average molecular weight is 249 g/mol. The Hall–Kier alpha value is -2.39. The Balaban J connectivity index is 2.46. The molecule has 1 heterocycles. The van der Waals surface area contributed by atoms with Gasteiger partial charge in [0.1, 0.15) is 12.4 Å². The van der Waals surface area contributed by atoms with Crippen LogP contribution in [-0.4, -0.2) is 14.7 Å². The van der Waals surface area contributed by atoms with E-state index in [2.05, 4.69) is 5.10 Å². The Kier molecular flexibility index (Phi) is 2.77. The molecule has 0 spiro atoms. The molecule has 0 aliphatic carbocycles. The summed E-state index contributed by atoms with van der Waals surface area (Å²) in [5.74, 6) is 0. The van der Waals surface area contributed by atoms with E-state index in [4.69, 9.17) is 16.9 Å². The first kappa shape index (κ1) is 11.1. The molecule has 0 bridgehead atoms. The van der Waals surface area contributed by atoms with Crippen molar-refractivity contribution >= 4 is 17.3 Å². The third kappa shape index (κ3) is 2.09. The van der Waals surface area contributed by atoms with Gasteiger partial charge in [0, 0.05) is 0 Å². The molecule has 6 nitrogen and oxygen atoms in total. The molecule has 17 heavy (non-hydrogen) atoms. The first-order valence-corrected chi connectivity index (χ1v) is 4.88. The number of rotatable bonds is 2. The predicted molar refractivity (Wildman–Crippen MR) is 59.9 cm³/mol. The Morgan fingerprint density at radius 3 is 2.82 bits per heavy atom. The van der Waals surface area contributed by atoms with Crippen LogP contribution in [0.15, 0.2) is 30.6 Å². The van der Waals surface area contributed by atoms with E-state index in [1.165, 1.54) is 16.9 Å². The molecular weight excluding hydrogens is 244 g/mol. The highest BCUT2D eigenvalue weighted by atomic mass is 35.5. The predicted octanol–water partition coefficient (Wildman–Crippen LogP) is 2.31. The lowest BCUT2D eigenvalue weighted by Crippen LogP contribution is -1.95. The van der Waals surface area contributed by atoms with E-state index in [0.717, 1.165) is 6.20 Å². The molecule has 2 rings (SSSR count). The molecule has 1 aromatic carbocycles. The van der Waals surface area contributed by atoms with Crippen LogP contribution in [0.1, 0.15) is 5.56 Å². The minimum absolute atomic E-state index is 0.120. The summed E-state index contributed by atoms with van der Waals surface area (Å²) < 4.78 is 1.29. The first-order chi connectivity index (χ1) is 8.11. The summed E-state index contributed by atoms with van der Waals surface area (Å²) in [4.78, 5) is 9.97. The summed E-state index contributed by atoms with van der Waals surface area (Å²) in [6.45, 7) is 0. The van der Waals surface area contributed by atoms with Crippen LogP contribution in [-0.2, 0) is 0 Å². The van der Waals surface area contributed by atoms with Crippen LogP contribution in [0.25, 0.3) is 5.69 Å². The molecule has 2 aromatic rings. The SMILES string of the molecule is N#Cc1ccc(-n2cc([N+](=O)[O-])cn2)c(Cl)c1. The highest BCUT2D eigenvalue weighted by molar-refractivity contribution is 6.32. The van der Waals surface area contributed by atoms with Crippen LogP contribution in [0, 0.1) is 21.4 Å². The second-order valence-corrected chi connectivity index (χ2v) is 3.59. The molecule has 84 valence electrons. The van der Waals surface area contributed by atoms with E-state index >= 15 is 0 Å². The van der Waals surface area contributed by atoms with Gasteiger partial charge in [-0.15, -0.1) is 0 Å². The monoisotopic (exact) mass is 248 g/mol. The van der Waals surface area contributed by atoms with Crippen molar-refractivity contribution in [2.75, 3.05) is 0 Å². The van der Waals surface area contributed by atoms with Gasteiger partial charge in [-0.2, -0.15) is 10.4 Å². The normalized spacial score (nSPS) is 9.88. The summed E-state index contributed by atoms with van der Waals surface area (Å²) in [5.41, 5.74) is 0.782. The van der Waals surface area contributed by atoms with Gasteiger partial charge in [0.25, 0.3) is 0 Å².